The average Bonchev–Trinajstić information content (AvgIpc) is 3.02. The van der Waals surface area contributed by atoms with Crippen molar-refractivity contribution in [2.24, 2.45) is 0 Å². The predicted octanol–water partition coefficient (Wildman–Crippen LogP) is 0.372. The van der Waals surface area contributed by atoms with E-state index in [1.54, 1.807) is 14.0 Å². The van der Waals surface area contributed by atoms with Crippen LogP contribution in [0, 0.1) is 6.92 Å². The summed E-state index contributed by atoms with van der Waals surface area (Å²) in [6.45, 7) is 3.00. The molecule has 1 aliphatic heterocycles. The molecule has 26 heavy (non-hydrogen) atoms. The van der Waals surface area contributed by atoms with Crippen molar-refractivity contribution in [3.05, 3.63) is 23.8 Å². The summed E-state index contributed by atoms with van der Waals surface area (Å²) in [4.78, 5) is 0.0906. The second-order valence-electron chi connectivity index (χ2n) is 6.20. The summed E-state index contributed by atoms with van der Waals surface area (Å²) in [5.74, 6) is 0. The third kappa shape index (κ3) is 5.16. The second-order valence-corrected chi connectivity index (χ2v) is 9.82. The van der Waals surface area contributed by atoms with E-state index in [1.807, 2.05) is 0 Å². The van der Waals surface area contributed by atoms with Gasteiger partial charge in [-0.3, -0.25) is 0 Å². The smallest absolute Gasteiger partial charge is 0.240 e. The highest BCUT2D eigenvalue weighted by Gasteiger charge is 2.35. The molecule has 1 aromatic carbocycles. The SMILES string of the molecule is CNS(=O)(=O)c1ccc(S(=O)(=O)NCC2(COC)CCCN2)cc1C.Cl. The van der Waals surface area contributed by atoms with E-state index in [4.69, 9.17) is 4.74 Å². The Bertz CT molecular complexity index is 822. The molecule has 0 radical (unpaired) electrons. The molecule has 1 aliphatic rings. The largest absolute Gasteiger partial charge is 0.383 e. The molecule has 1 fully saturated rings. The zero-order chi connectivity index (χ0) is 18.7. The number of methoxy groups -OCH3 is 1. The minimum atomic E-state index is -3.76. The van der Waals surface area contributed by atoms with Crippen LogP contribution < -0.4 is 14.8 Å². The van der Waals surface area contributed by atoms with E-state index in [0.29, 0.717) is 12.2 Å². The van der Waals surface area contributed by atoms with E-state index < -0.39 is 25.6 Å². The standard InChI is InChI=1S/C15H25N3O5S2.ClH/c1-12-9-13(5-6-14(12)25(21,22)16-2)24(19,20)18-10-15(11-23-3)7-4-8-17-15;/h5-6,9,16-18H,4,7-8,10-11H2,1-3H3;1H. The van der Waals surface area contributed by atoms with Crippen molar-refractivity contribution < 1.29 is 21.6 Å². The lowest BCUT2D eigenvalue weighted by Gasteiger charge is -2.28. The van der Waals surface area contributed by atoms with Crippen molar-refractivity contribution in [1.82, 2.24) is 14.8 Å². The molecule has 0 spiro atoms. The number of hydrogen-bond donors (Lipinski definition) is 3. The Labute approximate surface area is 161 Å². The first-order valence-electron chi connectivity index (χ1n) is 7.94. The predicted molar refractivity (Wildman–Crippen MR) is 102 cm³/mol. The molecule has 1 saturated heterocycles. The van der Waals surface area contributed by atoms with Crippen LogP contribution in [0.15, 0.2) is 28.0 Å². The van der Waals surface area contributed by atoms with Crippen LogP contribution in [-0.4, -0.2) is 56.2 Å². The fraction of sp³-hybridized carbons (Fsp3) is 0.600. The highest BCUT2D eigenvalue weighted by Crippen LogP contribution is 2.22. The summed E-state index contributed by atoms with van der Waals surface area (Å²) in [5, 5.41) is 3.30. The monoisotopic (exact) mass is 427 g/mol. The molecule has 150 valence electrons. The zero-order valence-corrected chi connectivity index (χ0v) is 17.5. The molecule has 1 atom stereocenters. The molecule has 8 nitrogen and oxygen atoms in total. The van der Waals surface area contributed by atoms with E-state index >= 15 is 0 Å². The van der Waals surface area contributed by atoms with Crippen LogP contribution in [0.2, 0.25) is 0 Å². The second kappa shape index (κ2) is 8.96. The van der Waals surface area contributed by atoms with Crippen molar-refractivity contribution in [2.75, 3.05) is 33.9 Å². The first-order valence-corrected chi connectivity index (χ1v) is 10.9. The number of aryl methyl sites for hydroxylation is 1. The van der Waals surface area contributed by atoms with Crippen molar-refractivity contribution in [3.8, 4) is 0 Å². The quantitative estimate of drug-likeness (QED) is 0.552. The zero-order valence-electron chi connectivity index (χ0n) is 15.0. The molecule has 1 heterocycles. The third-order valence-electron chi connectivity index (χ3n) is 4.37. The van der Waals surface area contributed by atoms with Crippen LogP contribution in [-0.2, 0) is 24.8 Å². The van der Waals surface area contributed by atoms with Gasteiger partial charge in [0.1, 0.15) is 0 Å². The number of ether oxygens (including phenoxy) is 1. The summed E-state index contributed by atoms with van der Waals surface area (Å²) in [6.07, 6.45) is 1.78. The van der Waals surface area contributed by atoms with Crippen LogP contribution in [0.25, 0.3) is 0 Å². The van der Waals surface area contributed by atoms with Gasteiger partial charge < -0.3 is 10.1 Å². The molecule has 11 heteroatoms. The van der Waals surface area contributed by atoms with Crippen LogP contribution >= 0.6 is 12.4 Å². The van der Waals surface area contributed by atoms with E-state index in [0.717, 1.165) is 19.4 Å². The van der Waals surface area contributed by atoms with E-state index in [9.17, 15) is 16.8 Å². The van der Waals surface area contributed by atoms with Crippen molar-refractivity contribution in [1.29, 1.82) is 0 Å². The fourth-order valence-electron chi connectivity index (χ4n) is 2.99. The van der Waals surface area contributed by atoms with Gasteiger partial charge in [0.25, 0.3) is 0 Å². The Hall–Kier alpha value is -0.750. The van der Waals surface area contributed by atoms with Gasteiger partial charge in [0.05, 0.1) is 21.9 Å². The summed E-state index contributed by atoms with van der Waals surface area (Å²) >= 11 is 0. The highest BCUT2D eigenvalue weighted by atomic mass is 35.5. The van der Waals surface area contributed by atoms with Crippen LogP contribution in [0.1, 0.15) is 18.4 Å². The summed E-state index contributed by atoms with van der Waals surface area (Å²) in [6, 6.07) is 3.96. The Morgan fingerprint density at radius 2 is 1.92 bits per heavy atom. The maximum absolute atomic E-state index is 12.6. The number of nitrogens with one attached hydrogen (secondary N) is 3. The van der Waals surface area contributed by atoms with Crippen molar-refractivity contribution in [3.63, 3.8) is 0 Å². The summed E-state index contributed by atoms with van der Waals surface area (Å²) < 4.78 is 59.0. The summed E-state index contributed by atoms with van der Waals surface area (Å²) in [7, 11) is -4.49. The lowest BCUT2D eigenvalue weighted by Crippen LogP contribution is -2.52. The first kappa shape index (κ1) is 23.3. The highest BCUT2D eigenvalue weighted by molar-refractivity contribution is 7.90. The number of benzene rings is 1. The Morgan fingerprint density at radius 1 is 1.23 bits per heavy atom. The molecule has 3 N–H and O–H groups in total. The van der Waals surface area contributed by atoms with Gasteiger partial charge in [0.15, 0.2) is 0 Å². The van der Waals surface area contributed by atoms with Crippen LogP contribution in [0.4, 0.5) is 0 Å². The molecule has 1 aromatic rings. The van der Waals surface area contributed by atoms with Crippen LogP contribution in [0.3, 0.4) is 0 Å². The van der Waals surface area contributed by atoms with Gasteiger partial charge in [-0.15, -0.1) is 12.4 Å². The van der Waals surface area contributed by atoms with Gasteiger partial charge >= 0.3 is 0 Å². The average molecular weight is 428 g/mol. The van der Waals surface area contributed by atoms with Gasteiger partial charge in [-0.2, -0.15) is 0 Å². The number of rotatable bonds is 8. The molecular formula is C15H26ClN3O5S2. The molecule has 0 amide bonds. The fourth-order valence-corrected chi connectivity index (χ4v) is 5.15. The van der Waals surface area contributed by atoms with Gasteiger partial charge in [-0.25, -0.2) is 26.3 Å². The van der Waals surface area contributed by atoms with Gasteiger partial charge in [0.2, 0.25) is 20.0 Å². The lowest BCUT2D eigenvalue weighted by atomic mass is 9.99. The van der Waals surface area contributed by atoms with E-state index in [-0.39, 0.29) is 28.7 Å². The molecular weight excluding hydrogens is 402 g/mol. The molecule has 2 rings (SSSR count). The molecule has 1 unspecified atom stereocenters. The maximum atomic E-state index is 12.6. The molecule has 0 aliphatic carbocycles. The number of sulfonamides is 2. The Morgan fingerprint density at radius 3 is 2.42 bits per heavy atom. The Balaban J connectivity index is 0.00000338. The van der Waals surface area contributed by atoms with Crippen LogP contribution in [0.5, 0.6) is 0 Å². The first-order chi connectivity index (χ1) is 11.7. The van der Waals surface area contributed by atoms with Gasteiger partial charge in [-0.05, 0) is 57.1 Å². The van der Waals surface area contributed by atoms with Gasteiger partial charge in [0, 0.05) is 13.7 Å². The van der Waals surface area contributed by atoms with Gasteiger partial charge in [-0.1, -0.05) is 0 Å². The maximum Gasteiger partial charge on any atom is 0.240 e. The molecule has 0 bridgehead atoms. The van der Waals surface area contributed by atoms with Crippen molar-refractivity contribution >= 4 is 32.5 Å². The summed E-state index contributed by atoms with van der Waals surface area (Å²) in [5.41, 5.74) is -0.0467. The number of halogens is 1. The topological polar surface area (TPSA) is 114 Å². The lowest BCUT2D eigenvalue weighted by molar-refractivity contribution is 0.122. The van der Waals surface area contributed by atoms with Crippen molar-refractivity contribution in [2.45, 2.75) is 35.1 Å². The minimum absolute atomic E-state index is 0. The molecule has 0 aromatic heterocycles. The third-order valence-corrected chi connectivity index (χ3v) is 7.34. The number of hydrogen-bond acceptors (Lipinski definition) is 6. The Kier molecular flexibility index (Phi) is 8.03. The minimum Gasteiger partial charge on any atom is -0.383 e. The molecule has 0 saturated carbocycles. The van der Waals surface area contributed by atoms with E-state index in [2.05, 4.69) is 14.8 Å². The normalized spacial score (nSPS) is 20.7. The van der Waals surface area contributed by atoms with E-state index in [1.165, 1.54) is 25.2 Å².